The molecule has 1 aliphatic heterocycles. The molecule has 0 bridgehead atoms. The number of thioether (sulfide) groups is 1. The van der Waals surface area contributed by atoms with E-state index in [0.717, 1.165) is 21.9 Å². The van der Waals surface area contributed by atoms with Crippen molar-refractivity contribution in [1.82, 2.24) is 4.31 Å². The second kappa shape index (κ2) is 9.36. The number of carbonyl (C=O) groups is 1. The van der Waals surface area contributed by atoms with E-state index in [4.69, 9.17) is 4.74 Å². The maximum atomic E-state index is 13.4. The number of rotatable bonds is 6. The van der Waals surface area contributed by atoms with Crippen molar-refractivity contribution in [3.05, 3.63) is 83.9 Å². The minimum atomic E-state index is -3.89. The van der Waals surface area contributed by atoms with Crippen molar-refractivity contribution in [1.29, 1.82) is 0 Å². The Morgan fingerprint density at radius 3 is 2.53 bits per heavy atom. The number of benzene rings is 3. The zero-order chi connectivity index (χ0) is 22.7. The van der Waals surface area contributed by atoms with E-state index in [1.54, 1.807) is 28.8 Å². The molecule has 6 nitrogen and oxygen atoms in total. The summed E-state index contributed by atoms with van der Waals surface area (Å²) in [6.07, 6.45) is 0. The van der Waals surface area contributed by atoms with Gasteiger partial charge in [0.15, 0.2) is 0 Å². The lowest BCUT2D eigenvalue weighted by Crippen LogP contribution is -2.35. The van der Waals surface area contributed by atoms with E-state index in [2.05, 4.69) is 0 Å². The summed E-state index contributed by atoms with van der Waals surface area (Å²) in [5.74, 6) is 0.753. The number of amides is 1. The van der Waals surface area contributed by atoms with E-state index in [-0.39, 0.29) is 23.1 Å². The van der Waals surface area contributed by atoms with Crippen molar-refractivity contribution in [2.75, 3.05) is 31.4 Å². The number of ether oxygens (including phenoxy) is 1. The van der Waals surface area contributed by atoms with Crippen LogP contribution in [-0.2, 0) is 16.6 Å². The van der Waals surface area contributed by atoms with Gasteiger partial charge >= 0.3 is 0 Å². The highest BCUT2D eigenvalue weighted by atomic mass is 32.2. The number of carbonyl (C=O) groups excluding carboxylic acids is 1. The summed E-state index contributed by atoms with van der Waals surface area (Å²) < 4.78 is 33.4. The number of hydrogen-bond acceptors (Lipinski definition) is 5. The predicted molar refractivity (Wildman–Crippen MR) is 127 cm³/mol. The summed E-state index contributed by atoms with van der Waals surface area (Å²) in [4.78, 5) is 16.1. The third kappa shape index (κ3) is 4.39. The molecule has 32 heavy (non-hydrogen) atoms. The van der Waals surface area contributed by atoms with Gasteiger partial charge in [0.05, 0.1) is 12.8 Å². The molecule has 0 fully saturated rings. The Balaban J connectivity index is 1.68. The average Bonchev–Trinajstić information content (AvgIpc) is 2.83. The Bertz CT molecular complexity index is 1230. The van der Waals surface area contributed by atoms with Crippen LogP contribution in [0, 0.1) is 0 Å². The lowest BCUT2D eigenvalue weighted by Gasteiger charge is -2.29. The fourth-order valence-corrected chi connectivity index (χ4v) is 5.97. The lowest BCUT2D eigenvalue weighted by molar-refractivity contribution is 0.0987. The van der Waals surface area contributed by atoms with Gasteiger partial charge in [-0.3, -0.25) is 4.79 Å². The summed E-state index contributed by atoms with van der Waals surface area (Å²) in [6.45, 7) is 0.768. The van der Waals surface area contributed by atoms with Gasteiger partial charge in [-0.1, -0.05) is 42.5 Å². The van der Waals surface area contributed by atoms with Crippen LogP contribution in [0.2, 0.25) is 0 Å². The highest BCUT2D eigenvalue weighted by Gasteiger charge is 2.29. The molecule has 0 aromatic heterocycles. The van der Waals surface area contributed by atoms with Gasteiger partial charge in [0, 0.05) is 36.3 Å². The van der Waals surface area contributed by atoms with Crippen LogP contribution in [0.25, 0.3) is 0 Å². The smallest absolute Gasteiger partial charge is 0.258 e. The summed E-state index contributed by atoms with van der Waals surface area (Å²) >= 11 is 1.71. The minimum Gasteiger partial charge on any atom is -0.495 e. The second-order valence-corrected chi connectivity index (χ2v) is 10.5. The van der Waals surface area contributed by atoms with E-state index < -0.39 is 10.0 Å². The second-order valence-electron chi connectivity index (χ2n) is 7.39. The Labute approximate surface area is 192 Å². The molecule has 1 aliphatic rings. The van der Waals surface area contributed by atoms with Gasteiger partial charge in [-0.25, -0.2) is 8.42 Å². The summed E-state index contributed by atoms with van der Waals surface area (Å²) in [7, 11) is -0.950. The molecule has 0 radical (unpaired) electrons. The van der Waals surface area contributed by atoms with E-state index in [1.807, 2.05) is 54.6 Å². The molecule has 3 aromatic carbocycles. The molecule has 8 heteroatoms. The van der Waals surface area contributed by atoms with E-state index in [1.165, 1.54) is 24.5 Å². The average molecular weight is 469 g/mol. The maximum absolute atomic E-state index is 13.4. The van der Waals surface area contributed by atoms with Crippen LogP contribution in [0.5, 0.6) is 5.75 Å². The topological polar surface area (TPSA) is 66.9 Å². The van der Waals surface area contributed by atoms with Crippen molar-refractivity contribution in [3.8, 4) is 5.75 Å². The molecule has 0 unspecified atom stereocenters. The number of fused-ring (bicyclic) bond motifs is 1. The molecule has 3 aromatic rings. The summed E-state index contributed by atoms with van der Waals surface area (Å²) in [5.41, 5.74) is 2.02. The fraction of sp³-hybridized carbons (Fsp3) is 0.208. The van der Waals surface area contributed by atoms with Crippen LogP contribution in [0.15, 0.2) is 82.6 Å². The molecule has 4 rings (SSSR count). The largest absolute Gasteiger partial charge is 0.495 e. The van der Waals surface area contributed by atoms with Crippen LogP contribution in [0.3, 0.4) is 0 Å². The zero-order valence-corrected chi connectivity index (χ0v) is 19.5. The summed E-state index contributed by atoms with van der Waals surface area (Å²) in [5, 5.41) is 0. The van der Waals surface area contributed by atoms with Gasteiger partial charge in [-0.2, -0.15) is 4.31 Å². The number of anilines is 1. The number of nitrogens with zero attached hydrogens (tertiary/aromatic N) is 2. The zero-order valence-electron chi connectivity index (χ0n) is 17.9. The molecule has 166 valence electrons. The molecule has 1 amide bonds. The first-order chi connectivity index (χ1) is 15.4. The molecule has 0 saturated heterocycles. The van der Waals surface area contributed by atoms with Crippen LogP contribution >= 0.6 is 11.8 Å². The lowest BCUT2D eigenvalue weighted by atomic mass is 10.1. The Morgan fingerprint density at radius 2 is 1.78 bits per heavy atom. The Kier molecular flexibility index (Phi) is 6.55. The Hall–Kier alpha value is -2.81. The molecule has 0 atom stereocenters. The van der Waals surface area contributed by atoms with Crippen LogP contribution in [0.4, 0.5) is 5.69 Å². The first-order valence-electron chi connectivity index (χ1n) is 10.1. The third-order valence-corrected chi connectivity index (χ3v) is 8.19. The van der Waals surface area contributed by atoms with Crippen molar-refractivity contribution in [2.45, 2.75) is 16.3 Å². The Morgan fingerprint density at radius 1 is 1.06 bits per heavy atom. The van der Waals surface area contributed by atoms with Gasteiger partial charge in [-0.05, 0) is 35.9 Å². The highest BCUT2D eigenvalue weighted by molar-refractivity contribution is 7.99. The summed E-state index contributed by atoms with van der Waals surface area (Å²) in [6, 6.07) is 21.7. The predicted octanol–water partition coefficient (Wildman–Crippen LogP) is 4.27. The number of methoxy groups -OCH3 is 1. The molecule has 0 saturated carbocycles. The van der Waals surface area contributed by atoms with Gasteiger partial charge in [0.2, 0.25) is 10.0 Å². The first-order valence-corrected chi connectivity index (χ1v) is 12.6. The van der Waals surface area contributed by atoms with Crippen molar-refractivity contribution in [3.63, 3.8) is 0 Å². The number of sulfonamides is 1. The van der Waals surface area contributed by atoms with Crippen molar-refractivity contribution in [2.24, 2.45) is 0 Å². The van der Waals surface area contributed by atoms with Gasteiger partial charge < -0.3 is 9.64 Å². The van der Waals surface area contributed by atoms with Crippen molar-refractivity contribution < 1.29 is 17.9 Å². The molecule has 0 N–H and O–H groups in total. The minimum absolute atomic E-state index is 0.0241. The standard InChI is InChI=1S/C24H24N2O4S2/c1-25(17-18-8-4-3-5-9-18)32(28,29)23-16-19(12-13-21(23)30-2)24(27)26-14-15-31-22-11-7-6-10-20(22)26/h3-13,16H,14-15,17H2,1-2H3. The normalized spacial score (nSPS) is 13.7. The van der Waals surface area contributed by atoms with E-state index in [0.29, 0.717) is 12.1 Å². The molecular formula is C24H24N2O4S2. The van der Waals surface area contributed by atoms with E-state index in [9.17, 15) is 13.2 Å². The maximum Gasteiger partial charge on any atom is 0.258 e. The number of para-hydroxylation sites is 1. The quantitative estimate of drug-likeness (QED) is 0.541. The van der Waals surface area contributed by atoms with Crippen LogP contribution < -0.4 is 9.64 Å². The highest BCUT2D eigenvalue weighted by Crippen LogP contribution is 2.36. The van der Waals surface area contributed by atoms with Gasteiger partial charge in [0.25, 0.3) is 5.91 Å². The molecular weight excluding hydrogens is 444 g/mol. The van der Waals surface area contributed by atoms with Gasteiger partial charge in [-0.15, -0.1) is 11.8 Å². The van der Waals surface area contributed by atoms with Crippen LogP contribution in [0.1, 0.15) is 15.9 Å². The SMILES string of the molecule is COc1ccc(C(=O)N2CCSc3ccccc32)cc1S(=O)(=O)N(C)Cc1ccccc1. The fourth-order valence-electron chi connectivity index (χ4n) is 3.64. The van der Waals surface area contributed by atoms with E-state index >= 15 is 0 Å². The molecule has 0 spiro atoms. The number of hydrogen-bond donors (Lipinski definition) is 0. The monoisotopic (exact) mass is 468 g/mol. The van der Waals surface area contributed by atoms with Gasteiger partial charge in [0.1, 0.15) is 10.6 Å². The third-order valence-electron chi connectivity index (χ3n) is 5.32. The molecule has 1 heterocycles. The first kappa shape index (κ1) is 22.4. The van der Waals surface area contributed by atoms with Crippen LogP contribution in [-0.4, -0.2) is 45.1 Å². The molecule has 0 aliphatic carbocycles. The van der Waals surface area contributed by atoms with Crippen molar-refractivity contribution >= 4 is 33.4 Å².